The number of hydrogen-bond donors (Lipinski definition) is 2. The van der Waals surface area contributed by atoms with Crippen LogP contribution in [0.3, 0.4) is 0 Å². The van der Waals surface area contributed by atoms with Gasteiger partial charge in [-0.15, -0.1) is 11.3 Å². The molecule has 1 atom stereocenters. The second kappa shape index (κ2) is 6.81. The van der Waals surface area contributed by atoms with Gasteiger partial charge in [-0.1, -0.05) is 13.8 Å². The Labute approximate surface area is 129 Å². The highest BCUT2D eigenvalue weighted by atomic mass is 79.9. The van der Waals surface area contributed by atoms with Crippen molar-refractivity contribution in [3.63, 3.8) is 0 Å². The fourth-order valence-electron chi connectivity index (χ4n) is 1.55. The highest BCUT2D eigenvalue weighted by molar-refractivity contribution is 9.12. The molecule has 0 bridgehead atoms. The third-order valence-electron chi connectivity index (χ3n) is 2.28. The van der Waals surface area contributed by atoms with Gasteiger partial charge in [0, 0.05) is 12.6 Å². The van der Waals surface area contributed by atoms with Crippen molar-refractivity contribution >= 4 is 53.2 Å². The van der Waals surface area contributed by atoms with Gasteiger partial charge in [0.2, 0.25) is 10.0 Å². The molecule has 0 aliphatic carbocycles. The highest BCUT2D eigenvalue weighted by Crippen LogP contribution is 2.34. The molecule has 4 nitrogen and oxygen atoms in total. The first-order valence-electron chi connectivity index (χ1n) is 5.43. The second-order valence-corrected chi connectivity index (χ2v) is 9.80. The fourth-order valence-corrected chi connectivity index (χ4v) is 6.63. The van der Waals surface area contributed by atoms with Crippen LogP contribution in [0.1, 0.15) is 20.3 Å². The van der Waals surface area contributed by atoms with Gasteiger partial charge in [-0.05, 0) is 50.3 Å². The van der Waals surface area contributed by atoms with Crippen LogP contribution in [0.25, 0.3) is 0 Å². The molecule has 3 N–H and O–H groups in total. The third kappa shape index (κ3) is 4.57. The molecule has 0 spiro atoms. The van der Waals surface area contributed by atoms with Crippen LogP contribution in [0, 0.1) is 5.92 Å². The minimum Gasteiger partial charge on any atom is -0.329 e. The smallest absolute Gasteiger partial charge is 0.242 e. The molecular formula is C10H16Br2N2O2S2. The summed E-state index contributed by atoms with van der Waals surface area (Å²) in [5.41, 5.74) is 5.60. The van der Waals surface area contributed by atoms with Crippen LogP contribution in [0.5, 0.6) is 0 Å². The summed E-state index contributed by atoms with van der Waals surface area (Å²) in [6.07, 6.45) is 0.721. The van der Waals surface area contributed by atoms with Crippen LogP contribution in [0.15, 0.2) is 18.5 Å². The Balaban J connectivity index is 2.90. The van der Waals surface area contributed by atoms with Gasteiger partial charge in [0.15, 0.2) is 0 Å². The normalized spacial score (nSPS) is 14.1. The zero-order valence-electron chi connectivity index (χ0n) is 10.1. The lowest BCUT2D eigenvalue weighted by Crippen LogP contribution is -2.40. The van der Waals surface area contributed by atoms with Crippen molar-refractivity contribution < 1.29 is 8.42 Å². The number of rotatable bonds is 6. The van der Waals surface area contributed by atoms with Gasteiger partial charge >= 0.3 is 0 Å². The highest BCUT2D eigenvalue weighted by Gasteiger charge is 2.24. The minimum atomic E-state index is -3.52. The summed E-state index contributed by atoms with van der Waals surface area (Å²) in [4.78, 5) is 0.251. The van der Waals surface area contributed by atoms with E-state index in [2.05, 4.69) is 36.6 Å². The van der Waals surface area contributed by atoms with E-state index in [0.29, 0.717) is 16.2 Å². The number of hydrogen-bond acceptors (Lipinski definition) is 4. The molecule has 1 aromatic rings. The van der Waals surface area contributed by atoms with Crippen LogP contribution in [0.4, 0.5) is 0 Å². The second-order valence-electron chi connectivity index (χ2n) is 4.37. The van der Waals surface area contributed by atoms with Crippen LogP contribution < -0.4 is 10.5 Å². The Morgan fingerprint density at radius 3 is 2.44 bits per heavy atom. The maximum atomic E-state index is 12.2. The first kappa shape index (κ1) is 16.6. The van der Waals surface area contributed by atoms with Gasteiger partial charge in [0.05, 0.1) is 7.57 Å². The van der Waals surface area contributed by atoms with E-state index >= 15 is 0 Å². The molecule has 1 unspecified atom stereocenters. The largest absolute Gasteiger partial charge is 0.329 e. The molecule has 8 heteroatoms. The first-order chi connectivity index (χ1) is 8.26. The minimum absolute atomic E-state index is 0.236. The molecule has 0 fully saturated rings. The number of nitrogens with one attached hydrogen (secondary N) is 1. The molecule has 0 aliphatic rings. The molecule has 0 amide bonds. The van der Waals surface area contributed by atoms with Crippen LogP contribution in [-0.4, -0.2) is 21.0 Å². The Morgan fingerprint density at radius 2 is 2.06 bits per heavy atom. The van der Waals surface area contributed by atoms with Crippen molar-refractivity contribution in [3.05, 3.63) is 13.6 Å². The average Bonchev–Trinajstić information content (AvgIpc) is 2.56. The van der Waals surface area contributed by atoms with E-state index in [-0.39, 0.29) is 10.9 Å². The third-order valence-corrected chi connectivity index (χ3v) is 6.55. The fraction of sp³-hybridized carbons (Fsp3) is 0.600. The molecule has 0 aromatic carbocycles. The van der Waals surface area contributed by atoms with E-state index in [9.17, 15) is 8.42 Å². The maximum Gasteiger partial charge on any atom is 0.242 e. The number of halogens is 2. The van der Waals surface area contributed by atoms with Crippen molar-refractivity contribution in [1.82, 2.24) is 4.72 Å². The monoisotopic (exact) mass is 418 g/mol. The molecular weight excluding hydrogens is 404 g/mol. The molecule has 0 radical (unpaired) electrons. The predicted molar refractivity (Wildman–Crippen MR) is 82.3 cm³/mol. The van der Waals surface area contributed by atoms with Gasteiger partial charge in [0.1, 0.15) is 4.90 Å². The first-order valence-corrected chi connectivity index (χ1v) is 9.32. The summed E-state index contributed by atoms with van der Waals surface area (Å²) in [5.74, 6) is 0.388. The molecule has 1 aromatic heterocycles. The summed E-state index contributed by atoms with van der Waals surface area (Å²) >= 11 is 7.85. The van der Waals surface area contributed by atoms with Gasteiger partial charge in [-0.2, -0.15) is 0 Å². The van der Waals surface area contributed by atoms with Crippen LogP contribution in [-0.2, 0) is 10.0 Å². The van der Waals surface area contributed by atoms with E-state index in [0.717, 1.165) is 10.2 Å². The van der Waals surface area contributed by atoms with Crippen molar-refractivity contribution in [1.29, 1.82) is 0 Å². The van der Waals surface area contributed by atoms with Gasteiger partial charge in [-0.3, -0.25) is 0 Å². The van der Waals surface area contributed by atoms with Crippen molar-refractivity contribution in [2.75, 3.05) is 6.54 Å². The lowest BCUT2D eigenvalue weighted by molar-refractivity contribution is 0.465. The van der Waals surface area contributed by atoms with Crippen LogP contribution >= 0.6 is 43.2 Å². The Hall–Kier alpha value is 0.530. The van der Waals surface area contributed by atoms with Gasteiger partial charge < -0.3 is 5.73 Å². The Bertz CT molecular complexity index is 500. The lowest BCUT2D eigenvalue weighted by atomic mass is 10.1. The Kier molecular flexibility index (Phi) is 6.27. The summed E-state index contributed by atoms with van der Waals surface area (Å²) < 4.78 is 28.4. The molecule has 1 heterocycles. The van der Waals surface area contributed by atoms with E-state index < -0.39 is 10.0 Å². The number of sulfonamides is 1. The van der Waals surface area contributed by atoms with E-state index in [1.807, 2.05) is 13.8 Å². The van der Waals surface area contributed by atoms with Gasteiger partial charge in [0.25, 0.3) is 0 Å². The predicted octanol–water partition coefficient (Wildman–Crippen LogP) is 2.92. The zero-order chi connectivity index (χ0) is 13.9. The molecule has 104 valence electrons. The van der Waals surface area contributed by atoms with E-state index in [1.165, 1.54) is 11.3 Å². The number of nitrogens with two attached hydrogens (primary N) is 1. The van der Waals surface area contributed by atoms with Crippen molar-refractivity contribution in [3.8, 4) is 0 Å². The molecule has 18 heavy (non-hydrogen) atoms. The van der Waals surface area contributed by atoms with Crippen molar-refractivity contribution in [2.45, 2.75) is 31.2 Å². The number of thiophene rings is 1. The molecule has 0 saturated carbocycles. The van der Waals surface area contributed by atoms with Gasteiger partial charge in [-0.25, -0.2) is 13.1 Å². The quantitative estimate of drug-likeness (QED) is 0.744. The summed E-state index contributed by atoms with van der Waals surface area (Å²) in [5, 5.41) is 0. The maximum absolute atomic E-state index is 12.2. The summed E-state index contributed by atoms with van der Waals surface area (Å²) in [7, 11) is -3.52. The topological polar surface area (TPSA) is 72.2 Å². The standard InChI is InChI=1S/C10H16Br2N2O2S2/c1-6(2)3-7(5-13)14-18(15,16)8-4-9(11)17-10(8)12/h4,6-7,14H,3,5,13H2,1-2H3. The SMILES string of the molecule is CC(C)CC(CN)NS(=O)(=O)c1cc(Br)sc1Br. The van der Waals surface area contributed by atoms with E-state index in [4.69, 9.17) is 5.73 Å². The Morgan fingerprint density at radius 1 is 1.44 bits per heavy atom. The zero-order valence-corrected chi connectivity index (χ0v) is 14.9. The average molecular weight is 420 g/mol. The summed E-state index contributed by atoms with van der Waals surface area (Å²) in [6, 6.07) is 1.35. The van der Waals surface area contributed by atoms with Crippen LogP contribution in [0.2, 0.25) is 0 Å². The van der Waals surface area contributed by atoms with E-state index in [1.54, 1.807) is 6.07 Å². The summed E-state index contributed by atoms with van der Waals surface area (Å²) in [6.45, 7) is 4.36. The lowest BCUT2D eigenvalue weighted by Gasteiger charge is -2.18. The molecule has 0 aliphatic heterocycles. The molecule has 0 saturated heterocycles. The molecule has 1 rings (SSSR count). The van der Waals surface area contributed by atoms with Crippen molar-refractivity contribution in [2.24, 2.45) is 11.7 Å².